The van der Waals surface area contributed by atoms with Crippen LogP contribution in [-0.2, 0) is 4.79 Å². The summed E-state index contributed by atoms with van der Waals surface area (Å²) in [7, 11) is 0. The van der Waals surface area contributed by atoms with Crippen LogP contribution >= 0.6 is 23.2 Å². The molecular formula is C21H22Cl2N2O2. The highest BCUT2D eigenvalue weighted by atomic mass is 35.5. The number of hydrogen-bond donors (Lipinski definition) is 1. The van der Waals surface area contributed by atoms with Gasteiger partial charge in [0.15, 0.2) is 0 Å². The lowest BCUT2D eigenvalue weighted by molar-refractivity contribution is -0.127. The lowest BCUT2D eigenvalue weighted by Gasteiger charge is -2.32. The molecule has 6 heteroatoms. The normalized spacial score (nSPS) is 18.0. The Kier molecular flexibility index (Phi) is 6.40. The number of carbonyl (C=O) groups excluding carboxylic acids is 2. The van der Waals surface area contributed by atoms with Crippen LogP contribution in [0.1, 0.15) is 41.7 Å². The number of carbonyl (C=O) groups is 2. The molecule has 2 amide bonds. The molecule has 0 aliphatic carbocycles. The second-order valence-corrected chi connectivity index (χ2v) is 7.75. The first-order chi connectivity index (χ1) is 12.9. The average Bonchev–Trinajstić information content (AvgIpc) is 2.68. The van der Waals surface area contributed by atoms with E-state index >= 15 is 0 Å². The highest BCUT2D eigenvalue weighted by Crippen LogP contribution is 2.22. The van der Waals surface area contributed by atoms with Gasteiger partial charge in [-0.05, 0) is 61.7 Å². The molecule has 1 aliphatic rings. The third-order valence-electron chi connectivity index (χ3n) is 4.90. The van der Waals surface area contributed by atoms with Gasteiger partial charge in [-0.2, -0.15) is 0 Å². The van der Waals surface area contributed by atoms with Crippen molar-refractivity contribution in [3.05, 3.63) is 69.7 Å². The summed E-state index contributed by atoms with van der Waals surface area (Å²) in [6.07, 6.45) is 1.59. The van der Waals surface area contributed by atoms with Crippen LogP contribution in [0.3, 0.4) is 0 Å². The fraction of sp³-hybridized carbons (Fsp3) is 0.333. The van der Waals surface area contributed by atoms with Gasteiger partial charge in [-0.25, -0.2) is 0 Å². The van der Waals surface area contributed by atoms with Crippen molar-refractivity contribution in [2.45, 2.75) is 25.8 Å². The third kappa shape index (κ3) is 5.02. The Morgan fingerprint density at radius 3 is 2.26 bits per heavy atom. The SMILES string of the molecule is CC(NC(=O)C1CCCN(C(=O)c2ccc(Cl)cc2)C1)c1ccc(Cl)cc1. The third-order valence-corrected chi connectivity index (χ3v) is 5.40. The largest absolute Gasteiger partial charge is 0.349 e. The number of hydrogen-bond acceptors (Lipinski definition) is 2. The molecule has 1 heterocycles. The second-order valence-electron chi connectivity index (χ2n) is 6.88. The van der Waals surface area contributed by atoms with Crippen LogP contribution in [0.4, 0.5) is 0 Å². The lowest BCUT2D eigenvalue weighted by atomic mass is 9.95. The predicted octanol–water partition coefficient (Wildman–Crippen LogP) is 4.72. The van der Waals surface area contributed by atoms with Gasteiger partial charge in [0, 0.05) is 28.7 Å². The highest BCUT2D eigenvalue weighted by molar-refractivity contribution is 6.30. The van der Waals surface area contributed by atoms with E-state index in [-0.39, 0.29) is 23.8 Å². The van der Waals surface area contributed by atoms with Gasteiger partial charge < -0.3 is 10.2 Å². The van der Waals surface area contributed by atoms with E-state index in [1.54, 1.807) is 29.2 Å². The first kappa shape index (κ1) is 19.7. The predicted molar refractivity (Wildman–Crippen MR) is 108 cm³/mol. The monoisotopic (exact) mass is 404 g/mol. The first-order valence-electron chi connectivity index (χ1n) is 9.04. The van der Waals surface area contributed by atoms with Crippen molar-refractivity contribution < 1.29 is 9.59 Å². The topological polar surface area (TPSA) is 49.4 Å². The summed E-state index contributed by atoms with van der Waals surface area (Å²) in [5.74, 6) is -0.286. The average molecular weight is 405 g/mol. The Bertz CT molecular complexity index is 806. The minimum absolute atomic E-state index is 0.0222. The van der Waals surface area contributed by atoms with Crippen molar-refractivity contribution >= 4 is 35.0 Å². The van der Waals surface area contributed by atoms with Gasteiger partial charge in [-0.1, -0.05) is 35.3 Å². The van der Waals surface area contributed by atoms with Crippen LogP contribution in [0.2, 0.25) is 10.0 Å². The molecule has 0 saturated carbocycles. The van der Waals surface area contributed by atoms with E-state index in [0.29, 0.717) is 28.7 Å². The molecule has 2 unspecified atom stereocenters. The fourth-order valence-corrected chi connectivity index (χ4v) is 3.57. The van der Waals surface area contributed by atoms with E-state index in [1.165, 1.54) is 0 Å². The quantitative estimate of drug-likeness (QED) is 0.800. The highest BCUT2D eigenvalue weighted by Gasteiger charge is 2.29. The number of piperidine rings is 1. The van der Waals surface area contributed by atoms with Crippen molar-refractivity contribution in [2.24, 2.45) is 5.92 Å². The van der Waals surface area contributed by atoms with Crippen LogP contribution in [0.25, 0.3) is 0 Å². The Labute approximate surface area is 169 Å². The molecule has 1 aliphatic heterocycles. The second kappa shape index (κ2) is 8.77. The zero-order valence-corrected chi connectivity index (χ0v) is 16.6. The molecule has 2 aromatic carbocycles. The van der Waals surface area contributed by atoms with Crippen LogP contribution in [0, 0.1) is 5.92 Å². The number of likely N-dealkylation sites (tertiary alicyclic amines) is 1. The van der Waals surface area contributed by atoms with E-state index in [0.717, 1.165) is 18.4 Å². The summed E-state index contributed by atoms with van der Waals surface area (Å²) < 4.78 is 0. The zero-order chi connectivity index (χ0) is 19.4. The number of rotatable bonds is 4. The maximum atomic E-state index is 12.7. The van der Waals surface area contributed by atoms with E-state index < -0.39 is 0 Å². The molecule has 0 spiro atoms. The summed E-state index contributed by atoms with van der Waals surface area (Å²) in [5, 5.41) is 4.32. The number of benzene rings is 2. The van der Waals surface area contributed by atoms with Crippen molar-refractivity contribution in [2.75, 3.05) is 13.1 Å². The summed E-state index contributed by atoms with van der Waals surface area (Å²) in [6.45, 7) is 3.04. The molecule has 2 atom stereocenters. The van der Waals surface area contributed by atoms with E-state index in [2.05, 4.69) is 5.32 Å². The molecule has 3 rings (SSSR count). The minimum Gasteiger partial charge on any atom is -0.349 e. The van der Waals surface area contributed by atoms with Crippen LogP contribution in [0.15, 0.2) is 48.5 Å². The van der Waals surface area contributed by atoms with Gasteiger partial charge in [0.1, 0.15) is 0 Å². The van der Waals surface area contributed by atoms with E-state index in [1.807, 2.05) is 31.2 Å². The van der Waals surface area contributed by atoms with Crippen LogP contribution < -0.4 is 5.32 Å². The summed E-state index contributed by atoms with van der Waals surface area (Å²) in [4.78, 5) is 27.2. The first-order valence-corrected chi connectivity index (χ1v) is 9.80. The fourth-order valence-electron chi connectivity index (χ4n) is 3.32. The van der Waals surface area contributed by atoms with Crippen molar-refractivity contribution in [3.63, 3.8) is 0 Å². The molecule has 142 valence electrons. The molecule has 4 nitrogen and oxygen atoms in total. The van der Waals surface area contributed by atoms with Crippen molar-refractivity contribution in [1.29, 1.82) is 0 Å². The van der Waals surface area contributed by atoms with Gasteiger partial charge in [-0.3, -0.25) is 9.59 Å². The molecule has 1 saturated heterocycles. The van der Waals surface area contributed by atoms with Crippen molar-refractivity contribution in [3.8, 4) is 0 Å². The van der Waals surface area contributed by atoms with E-state index in [9.17, 15) is 9.59 Å². The minimum atomic E-state index is -0.204. The summed E-state index contributed by atoms with van der Waals surface area (Å²) in [6, 6.07) is 14.2. The Balaban J connectivity index is 1.61. The van der Waals surface area contributed by atoms with Gasteiger partial charge in [0.2, 0.25) is 5.91 Å². The van der Waals surface area contributed by atoms with Gasteiger partial charge in [0.05, 0.1) is 12.0 Å². The molecule has 0 aromatic heterocycles. The Morgan fingerprint density at radius 1 is 1.04 bits per heavy atom. The number of amides is 2. The molecule has 0 radical (unpaired) electrons. The number of halogens is 2. The number of nitrogens with one attached hydrogen (secondary N) is 1. The smallest absolute Gasteiger partial charge is 0.253 e. The molecule has 0 bridgehead atoms. The van der Waals surface area contributed by atoms with Gasteiger partial charge >= 0.3 is 0 Å². The molecule has 1 fully saturated rings. The van der Waals surface area contributed by atoms with Crippen LogP contribution in [-0.4, -0.2) is 29.8 Å². The zero-order valence-electron chi connectivity index (χ0n) is 15.1. The Morgan fingerprint density at radius 2 is 1.63 bits per heavy atom. The summed E-state index contributed by atoms with van der Waals surface area (Å²) >= 11 is 11.8. The number of nitrogens with zero attached hydrogens (tertiary/aromatic N) is 1. The Hall–Kier alpha value is -2.04. The molecule has 2 aromatic rings. The lowest BCUT2D eigenvalue weighted by Crippen LogP contribution is -2.45. The molecule has 1 N–H and O–H groups in total. The maximum absolute atomic E-state index is 12.7. The summed E-state index contributed by atoms with van der Waals surface area (Å²) in [5.41, 5.74) is 1.59. The molecular weight excluding hydrogens is 383 g/mol. The van der Waals surface area contributed by atoms with E-state index in [4.69, 9.17) is 23.2 Å². The van der Waals surface area contributed by atoms with Crippen LogP contribution in [0.5, 0.6) is 0 Å². The van der Waals surface area contributed by atoms with Gasteiger partial charge in [-0.15, -0.1) is 0 Å². The maximum Gasteiger partial charge on any atom is 0.253 e. The van der Waals surface area contributed by atoms with Crippen molar-refractivity contribution in [1.82, 2.24) is 10.2 Å². The standard InChI is InChI=1S/C21H22Cl2N2O2/c1-14(15-4-8-18(22)9-5-15)24-20(26)17-3-2-12-25(13-17)21(27)16-6-10-19(23)11-7-16/h4-11,14,17H,2-3,12-13H2,1H3,(H,24,26). The van der Waals surface area contributed by atoms with Gasteiger partial charge in [0.25, 0.3) is 5.91 Å². The molecule has 27 heavy (non-hydrogen) atoms.